The number of hydrogen-bond acceptors (Lipinski definition) is 3. The lowest BCUT2D eigenvalue weighted by atomic mass is 10.2. The van der Waals surface area contributed by atoms with Gasteiger partial charge in [-0.15, -0.1) is 0 Å². The molecule has 2 rings (SSSR count). The molecule has 0 aromatic heterocycles. The summed E-state index contributed by atoms with van der Waals surface area (Å²) in [5.74, 6) is 0.578. The third kappa shape index (κ3) is 4.76. The van der Waals surface area contributed by atoms with E-state index in [-0.39, 0.29) is 6.61 Å². The van der Waals surface area contributed by atoms with Crippen molar-refractivity contribution >= 4 is 23.2 Å². The van der Waals surface area contributed by atoms with Crippen molar-refractivity contribution in [2.75, 3.05) is 13.7 Å². The smallest absolute Gasteiger partial charge is 0.163 e. The molecule has 0 heterocycles. The van der Waals surface area contributed by atoms with Crippen molar-refractivity contribution in [1.29, 1.82) is 0 Å². The average molecular weight is 372 g/mol. The van der Waals surface area contributed by atoms with Gasteiger partial charge in [-0.3, -0.25) is 0 Å². The van der Waals surface area contributed by atoms with Gasteiger partial charge < -0.3 is 14.8 Å². The lowest BCUT2D eigenvalue weighted by Crippen LogP contribution is -2.14. The summed E-state index contributed by atoms with van der Waals surface area (Å²) < 4.78 is 24.9. The van der Waals surface area contributed by atoms with E-state index in [1.54, 1.807) is 25.3 Å². The predicted molar refractivity (Wildman–Crippen MR) is 95.7 cm³/mol. The largest absolute Gasteiger partial charge is 0.493 e. The molecule has 0 spiro atoms. The first-order chi connectivity index (χ1) is 11.6. The molecule has 0 saturated heterocycles. The Labute approximate surface area is 151 Å². The molecule has 24 heavy (non-hydrogen) atoms. The molecule has 0 aliphatic heterocycles. The zero-order valence-corrected chi connectivity index (χ0v) is 15.2. The van der Waals surface area contributed by atoms with Crippen LogP contribution in [-0.2, 0) is 13.2 Å². The fraction of sp³-hybridized carbons (Fsp3) is 0.333. The first-order valence-corrected chi connectivity index (χ1v) is 8.45. The van der Waals surface area contributed by atoms with E-state index in [0.29, 0.717) is 33.7 Å². The molecule has 0 radical (unpaired) electrons. The van der Waals surface area contributed by atoms with Crippen molar-refractivity contribution in [2.24, 2.45) is 0 Å². The van der Waals surface area contributed by atoms with E-state index >= 15 is 0 Å². The van der Waals surface area contributed by atoms with Crippen LogP contribution in [0.3, 0.4) is 0 Å². The van der Waals surface area contributed by atoms with Gasteiger partial charge in [0.05, 0.1) is 12.1 Å². The fourth-order valence-corrected chi connectivity index (χ4v) is 2.64. The second kappa shape index (κ2) is 9.11. The Kier molecular flexibility index (Phi) is 7.16. The van der Waals surface area contributed by atoms with Crippen LogP contribution >= 0.6 is 23.2 Å². The lowest BCUT2D eigenvalue weighted by Gasteiger charge is -2.15. The molecule has 0 aliphatic rings. The molecule has 0 fully saturated rings. The molecule has 2 aromatic rings. The summed E-state index contributed by atoms with van der Waals surface area (Å²) in [6.07, 6.45) is 1.04. The first kappa shape index (κ1) is 18.8. The Morgan fingerprint density at radius 2 is 1.92 bits per heavy atom. The third-order valence-corrected chi connectivity index (χ3v) is 4.21. The number of nitrogens with one attached hydrogen (secondary N) is 1. The minimum absolute atomic E-state index is 0.00831. The van der Waals surface area contributed by atoms with Gasteiger partial charge in [0.2, 0.25) is 0 Å². The molecule has 6 heteroatoms. The van der Waals surface area contributed by atoms with Crippen molar-refractivity contribution in [1.82, 2.24) is 5.32 Å². The Morgan fingerprint density at radius 1 is 1.12 bits per heavy atom. The summed E-state index contributed by atoms with van der Waals surface area (Å²) in [6, 6.07) is 8.02. The van der Waals surface area contributed by atoms with E-state index in [1.807, 2.05) is 6.07 Å². The van der Waals surface area contributed by atoms with Gasteiger partial charge in [0.25, 0.3) is 0 Å². The van der Waals surface area contributed by atoms with Gasteiger partial charge in [-0.2, -0.15) is 0 Å². The van der Waals surface area contributed by atoms with Crippen LogP contribution in [-0.4, -0.2) is 13.7 Å². The van der Waals surface area contributed by atoms with Crippen molar-refractivity contribution in [3.63, 3.8) is 0 Å². The summed E-state index contributed by atoms with van der Waals surface area (Å²) in [5.41, 5.74) is 1.21. The molecular weight excluding hydrogens is 352 g/mol. The lowest BCUT2D eigenvalue weighted by molar-refractivity contribution is 0.279. The van der Waals surface area contributed by atoms with Gasteiger partial charge in [-0.25, -0.2) is 4.39 Å². The zero-order chi connectivity index (χ0) is 17.5. The van der Waals surface area contributed by atoms with Gasteiger partial charge in [0.15, 0.2) is 11.5 Å². The maximum atomic E-state index is 13.8. The molecule has 0 aliphatic carbocycles. The molecule has 0 amide bonds. The van der Waals surface area contributed by atoms with E-state index in [0.717, 1.165) is 18.5 Å². The number of ether oxygens (including phenoxy) is 2. The van der Waals surface area contributed by atoms with E-state index in [9.17, 15) is 4.39 Å². The molecular formula is C18H20Cl2FNO2. The molecule has 130 valence electrons. The maximum absolute atomic E-state index is 13.8. The Hall–Kier alpha value is -1.49. The summed E-state index contributed by atoms with van der Waals surface area (Å²) in [5, 5.41) is 4.17. The SMILES string of the molecule is CCCNCc1cc(OC)c(OCc2c(F)cccc2Cl)cc1Cl. The van der Waals surface area contributed by atoms with Gasteiger partial charge in [0, 0.05) is 23.2 Å². The van der Waals surface area contributed by atoms with E-state index in [1.165, 1.54) is 6.07 Å². The first-order valence-electron chi connectivity index (χ1n) is 7.69. The monoisotopic (exact) mass is 371 g/mol. The molecule has 1 N–H and O–H groups in total. The molecule has 0 unspecified atom stereocenters. The Morgan fingerprint density at radius 3 is 2.58 bits per heavy atom. The van der Waals surface area contributed by atoms with Crippen molar-refractivity contribution in [3.05, 3.63) is 57.3 Å². The Balaban J connectivity index is 2.16. The van der Waals surface area contributed by atoms with Crippen molar-refractivity contribution in [2.45, 2.75) is 26.5 Å². The standard InChI is InChI=1S/C18H20Cl2FNO2/c1-3-7-22-10-12-8-17(23-2)18(9-15(12)20)24-11-13-14(19)5-4-6-16(13)21/h4-6,8-9,22H,3,7,10-11H2,1-2H3. The maximum Gasteiger partial charge on any atom is 0.163 e. The summed E-state index contributed by atoms with van der Waals surface area (Å²) in [7, 11) is 1.55. The zero-order valence-electron chi connectivity index (χ0n) is 13.7. The molecule has 0 bridgehead atoms. The highest BCUT2D eigenvalue weighted by molar-refractivity contribution is 6.31. The number of hydrogen-bond donors (Lipinski definition) is 1. The van der Waals surface area contributed by atoms with Crippen LogP contribution in [0.1, 0.15) is 24.5 Å². The summed E-state index contributed by atoms with van der Waals surface area (Å²) in [4.78, 5) is 0. The highest BCUT2D eigenvalue weighted by Crippen LogP contribution is 2.34. The van der Waals surface area contributed by atoms with Gasteiger partial charge in [0.1, 0.15) is 12.4 Å². The van der Waals surface area contributed by atoms with Gasteiger partial charge >= 0.3 is 0 Å². The van der Waals surface area contributed by atoms with Crippen LogP contribution in [0.5, 0.6) is 11.5 Å². The topological polar surface area (TPSA) is 30.5 Å². The molecule has 2 aromatic carbocycles. The second-order valence-electron chi connectivity index (χ2n) is 5.26. The predicted octanol–water partition coefficient (Wildman–Crippen LogP) is 5.22. The van der Waals surface area contributed by atoms with Crippen LogP contribution < -0.4 is 14.8 Å². The van der Waals surface area contributed by atoms with Crippen LogP contribution in [0.2, 0.25) is 10.0 Å². The van der Waals surface area contributed by atoms with E-state index in [2.05, 4.69) is 12.2 Å². The minimum Gasteiger partial charge on any atom is -0.493 e. The number of benzene rings is 2. The number of halogens is 3. The van der Waals surface area contributed by atoms with Crippen molar-refractivity contribution in [3.8, 4) is 11.5 Å². The number of methoxy groups -OCH3 is 1. The average Bonchev–Trinajstić information content (AvgIpc) is 2.56. The molecule has 0 atom stereocenters. The van der Waals surface area contributed by atoms with Gasteiger partial charge in [-0.05, 0) is 36.7 Å². The quantitative estimate of drug-likeness (QED) is 0.645. The van der Waals surface area contributed by atoms with E-state index < -0.39 is 5.82 Å². The number of rotatable bonds is 8. The second-order valence-corrected chi connectivity index (χ2v) is 6.07. The third-order valence-electron chi connectivity index (χ3n) is 3.51. The van der Waals surface area contributed by atoms with Crippen LogP contribution in [0.25, 0.3) is 0 Å². The van der Waals surface area contributed by atoms with Crippen LogP contribution in [0.4, 0.5) is 4.39 Å². The fourth-order valence-electron chi connectivity index (χ4n) is 2.21. The van der Waals surface area contributed by atoms with Crippen LogP contribution in [0, 0.1) is 5.82 Å². The highest BCUT2D eigenvalue weighted by atomic mass is 35.5. The van der Waals surface area contributed by atoms with Gasteiger partial charge in [-0.1, -0.05) is 36.2 Å². The Bertz CT molecular complexity index is 675. The normalized spacial score (nSPS) is 10.7. The summed E-state index contributed by atoms with van der Waals surface area (Å²) >= 11 is 12.3. The molecule has 0 saturated carbocycles. The van der Waals surface area contributed by atoms with Crippen molar-refractivity contribution < 1.29 is 13.9 Å². The van der Waals surface area contributed by atoms with Crippen LogP contribution in [0.15, 0.2) is 30.3 Å². The minimum atomic E-state index is -0.409. The molecule has 3 nitrogen and oxygen atoms in total. The van der Waals surface area contributed by atoms with E-state index in [4.69, 9.17) is 32.7 Å². The highest BCUT2D eigenvalue weighted by Gasteiger charge is 2.13. The summed E-state index contributed by atoms with van der Waals surface area (Å²) in [6.45, 7) is 3.64.